The van der Waals surface area contributed by atoms with Gasteiger partial charge in [-0.25, -0.2) is 4.98 Å². The van der Waals surface area contributed by atoms with E-state index in [1.165, 1.54) is 10.9 Å². The molecule has 3 heterocycles. The van der Waals surface area contributed by atoms with Gasteiger partial charge in [0.2, 0.25) is 5.78 Å². The Morgan fingerprint density at radius 3 is 1.21 bits per heavy atom. The summed E-state index contributed by atoms with van der Waals surface area (Å²) >= 11 is 0. The highest BCUT2D eigenvalue weighted by molar-refractivity contribution is 7.14. The van der Waals surface area contributed by atoms with E-state index in [1.54, 1.807) is 0 Å². The number of nitrogens with zero attached hydrogens (tertiary/aromatic N) is 6. The van der Waals surface area contributed by atoms with E-state index in [-0.39, 0.29) is 20.9 Å². The van der Waals surface area contributed by atoms with Crippen molar-refractivity contribution in [1.29, 1.82) is 0 Å². The number of hydrogen-bond acceptors (Lipinski definition) is 4. The van der Waals surface area contributed by atoms with Gasteiger partial charge in [0.15, 0.2) is 0 Å². The van der Waals surface area contributed by atoms with Crippen molar-refractivity contribution in [3.05, 3.63) is 224 Å². The minimum Gasteiger partial charge on any atom is -0.416 e. The summed E-state index contributed by atoms with van der Waals surface area (Å²) in [6, 6.07) is 80.8. The van der Waals surface area contributed by atoms with Crippen LogP contribution in [0, 0.1) is 0 Å². The molecule has 0 bridgehead atoms. The van der Waals surface area contributed by atoms with Gasteiger partial charge in [-0.05, 0) is 89.2 Å². The zero-order valence-corrected chi connectivity index (χ0v) is 31.8. The molecule has 11 rings (SSSR count). The first-order valence-electron chi connectivity index (χ1n) is 19.9. The first kappa shape index (κ1) is 33.9. The lowest BCUT2D eigenvalue weighted by molar-refractivity contribution is 1.11. The van der Waals surface area contributed by atoms with E-state index in [1.807, 2.05) is 0 Å². The molecule has 0 radical (unpaired) electrons. The Morgan fingerprint density at radius 2 is 0.690 bits per heavy atom. The van der Waals surface area contributed by atoms with Gasteiger partial charge in [-0.1, -0.05) is 152 Å². The zero-order valence-electron chi connectivity index (χ0n) is 31.8. The van der Waals surface area contributed by atoms with Gasteiger partial charge in [0.1, 0.15) is 0 Å². The minimum absolute atomic E-state index is 0.207. The fourth-order valence-electron chi connectivity index (χ4n) is 9.09. The number of imidazole rings is 2. The lowest BCUT2D eigenvalue weighted by Crippen LogP contribution is -2.86. The van der Waals surface area contributed by atoms with Crippen LogP contribution in [-0.4, -0.2) is 34.9 Å². The average molecular weight is 742 g/mol. The molecule has 1 saturated heterocycles. The van der Waals surface area contributed by atoms with Gasteiger partial charge in [-0.15, -0.1) is 0 Å². The summed E-state index contributed by atoms with van der Waals surface area (Å²) in [6.07, 6.45) is 0. The predicted molar refractivity (Wildman–Crippen MR) is 245 cm³/mol. The number of hydrogen-bond donors (Lipinski definition) is 0. The molecule has 9 heteroatoms. The van der Waals surface area contributed by atoms with Crippen molar-refractivity contribution in [2.75, 3.05) is 14.2 Å². The van der Waals surface area contributed by atoms with E-state index in [2.05, 4.69) is 248 Å². The van der Waals surface area contributed by atoms with E-state index >= 15 is 0 Å². The first-order valence-corrected chi connectivity index (χ1v) is 19.9. The van der Waals surface area contributed by atoms with Crippen LogP contribution in [0.15, 0.2) is 224 Å². The number of benzene rings is 8. The molecule has 0 atom stereocenters. The average Bonchev–Trinajstić information content (AvgIpc) is 3.84. The molecule has 1 aliphatic heterocycles. The molecular weight excluding hydrogens is 705 g/mol. The van der Waals surface area contributed by atoms with Gasteiger partial charge in [-0.3, -0.25) is 8.97 Å². The maximum Gasteiger partial charge on any atom is 0.389 e. The molecule has 0 N–H and O–H groups in total. The largest absolute Gasteiger partial charge is 0.416 e. The van der Waals surface area contributed by atoms with Gasteiger partial charge < -0.3 is 14.2 Å². The van der Waals surface area contributed by atoms with E-state index in [0.717, 1.165) is 56.1 Å². The highest BCUT2D eigenvalue weighted by Crippen LogP contribution is 2.35. The second kappa shape index (κ2) is 14.3. The number of rotatable bonds is 7. The molecule has 1 aliphatic rings. The smallest absolute Gasteiger partial charge is 0.389 e. The Labute approximate surface area is 339 Å². The fraction of sp³-hybridized carbons (Fsp3) is 0. The van der Waals surface area contributed by atoms with E-state index < -0.39 is 0 Å². The number of aromatic nitrogens is 3. The first-order chi connectivity index (χ1) is 28.8. The van der Waals surface area contributed by atoms with Gasteiger partial charge in [0, 0.05) is 22.7 Å². The van der Waals surface area contributed by atoms with Crippen LogP contribution in [-0.2, 0) is 0 Å². The summed E-state index contributed by atoms with van der Waals surface area (Å²) in [7, 11) is 0. The molecule has 10 aromatic rings. The third-order valence-corrected chi connectivity index (χ3v) is 11.5. The monoisotopic (exact) mass is 742 g/mol. The summed E-state index contributed by atoms with van der Waals surface area (Å²) in [5.41, 5.74) is 12.3. The Balaban J connectivity index is 1.22. The van der Waals surface area contributed by atoms with Crippen molar-refractivity contribution in [2.24, 2.45) is 0 Å². The van der Waals surface area contributed by atoms with Gasteiger partial charge >= 0.3 is 20.9 Å². The predicted octanol–water partition coefficient (Wildman–Crippen LogP) is 8.45. The highest BCUT2D eigenvalue weighted by Gasteiger charge is 2.55. The summed E-state index contributed by atoms with van der Waals surface area (Å²) < 4.78 is 12.4. The van der Waals surface area contributed by atoms with Crippen molar-refractivity contribution >= 4 is 82.2 Å². The number of para-hydroxylation sites is 7. The van der Waals surface area contributed by atoms with Crippen molar-refractivity contribution in [3.8, 4) is 5.69 Å². The number of anilines is 3. The molecule has 0 amide bonds. The molecule has 2 aromatic heterocycles. The molecule has 0 saturated carbocycles. The van der Waals surface area contributed by atoms with Crippen molar-refractivity contribution in [1.82, 2.24) is 14.0 Å². The van der Waals surface area contributed by atoms with Gasteiger partial charge in [0.05, 0.1) is 22.1 Å². The summed E-state index contributed by atoms with van der Waals surface area (Å²) in [4.78, 5) is 5.24. The Kier molecular flexibility index (Phi) is 8.36. The highest BCUT2D eigenvalue weighted by atomic mass is 15.3. The molecule has 1 fully saturated rings. The quantitative estimate of drug-likeness (QED) is 0.154. The SMILES string of the molecule is c1ccc(B2N(c3ccccc3)B(c3ccccc3)N(c3ccccc3)B(c3cccc(-n4c5ccccc5n5c6ccccc6nc45)c3)N2c2ccccc2)cc1. The number of fused-ring (bicyclic) bond motifs is 5. The molecular formula is C49H37B3N6. The fourth-order valence-corrected chi connectivity index (χ4v) is 9.09. The van der Waals surface area contributed by atoms with Crippen LogP contribution in [0.1, 0.15) is 0 Å². The third-order valence-electron chi connectivity index (χ3n) is 11.5. The Hall–Kier alpha value is -7.38. The van der Waals surface area contributed by atoms with Gasteiger partial charge in [0.25, 0.3) is 0 Å². The Bertz CT molecular complexity index is 2910. The topological polar surface area (TPSA) is 32.0 Å². The lowest BCUT2D eigenvalue weighted by Gasteiger charge is -2.57. The lowest BCUT2D eigenvalue weighted by atomic mass is 9.37. The van der Waals surface area contributed by atoms with Gasteiger partial charge in [-0.2, -0.15) is 0 Å². The van der Waals surface area contributed by atoms with Crippen LogP contribution < -0.4 is 30.6 Å². The third kappa shape index (κ3) is 5.58. The van der Waals surface area contributed by atoms with Crippen LogP contribution >= 0.6 is 0 Å². The Morgan fingerprint density at radius 1 is 0.310 bits per heavy atom. The maximum absolute atomic E-state index is 5.24. The van der Waals surface area contributed by atoms with Crippen molar-refractivity contribution in [2.45, 2.75) is 0 Å². The van der Waals surface area contributed by atoms with Crippen LogP contribution in [0.5, 0.6) is 0 Å². The summed E-state index contributed by atoms with van der Waals surface area (Å²) in [5, 5.41) is 0. The second-order valence-corrected chi connectivity index (χ2v) is 14.8. The molecule has 272 valence electrons. The molecule has 0 aliphatic carbocycles. The molecule has 0 spiro atoms. The molecule has 0 unspecified atom stereocenters. The van der Waals surface area contributed by atoms with Crippen molar-refractivity contribution in [3.63, 3.8) is 0 Å². The van der Waals surface area contributed by atoms with E-state index in [9.17, 15) is 0 Å². The van der Waals surface area contributed by atoms with E-state index in [0.29, 0.717) is 0 Å². The molecule has 8 aromatic carbocycles. The normalized spacial score (nSPS) is 13.3. The molecule has 6 nitrogen and oxygen atoms in total. The summed E-state index contributed by atoms with van der Waals surface area (Å²) in [5.74, 6) is 0.891. The van der Waals surface area contributed by atoms with Crippen LogP contribution in [0.4, 0.5) is 17.1 Å². The minimum atomic E-state index is -0.267. The van der Waals surface area contributed by atoms with Crippen LogP contribution in [0.2, 0.25) is 0 Å². The van der Waals surface area contributed by atoms with Crippen LogP contribution in [0.25, 0.3) is 33.5 Å². The summed E-state index contributed by atoms with van der Waals surface area (Å²) in [6.45, 7) is -0.681. The molecule has 58 heavy (non-hydrogen) atoms. The van der Waals surface area contributed by atoms with Crippen LogP contribution in [0.3, 0.4) is 0 Å². The zero-order chi connectivity index (χ0) is 38.4. The second-order valence-electron chi connectivity index (χ2n) is 14.8. The standard InChI is InChI=1S/C49H37B3N6/c1-6-21-38(22-7-1)50-56(41-26-10-3-11-27-41)51(39-23-8-2-9-24-39)58(43-30-14-5-15-31-43)52(57(50)42-28-12-4-13-29-42)40-25-20-32-44(37-40)54-47-35-18-19-36-48(47)55-46-34-17-16-33-45(46)53-49(54)55/h1-37H. The van der Waals surface area contributed by atoms with Crippen molar-refractivity contribution < 1.29 is 0 Å². The maximum atomic E-state index is 5.24. The van der Waals surface area contributed by atoms with E-state index in [4.69, 9.17) is 4.98 Å².